The van der Waals surface area contributed by atoms with E-state index in [1.165, 1.54) is 23.5 Å². The van der Waals surface area contributed by atoms with E-state index in [2.05, 4.69) is 10.3 Å². The van der Waals surface area contributed by atoms with Crippen molar-refractivity contribution >= 4 is 28.3 Å². The van der Waals surface area contributed by atoms with Crippen LogP contribution in [0.1, 0.15) is 31.4 Å². The average molecular weight is 391 g/mol. The van der Waals surface area contributed by atoms with Crippen molar-refractivity contribution in [2.24, 2.45) is 0 Å². The van der Waals surface area contributed by atoms with Gasteiger partial charge in [-0.05, 0) is 43.5 Å². The van der Waals surface area contributed by atoms with E-state index in [4.69, 9.17) is 4.74 Å². The predicted octanol–water partition coefficient (Wildman–Crippen LogP) is 2.93. The summed E-state index contributed by atoms with van der Waals surface area (Å²) in [4.78, 5) is 29.8. The molecule has 0 unspecified atom stereocenters. The summed E-state index contributed by atoms with van der Waals surface area (Å²) in [5, 5.41) is 5.37. The molecule has 1 saturated heterocycles. The van der Waals surface area contributed by atoms with Crippen LogP contribution in [0.3, 0.4) is 0 Å². The number of hydrogen-bond donors (Lipinski definition) is 1. The molecule has 0 spiro atoms. The zero-order valence-electron chi connectivity index (χ0n) is 14.9. The number of rotatable bonds is 9. The number of thiazole rings is 1. The van der Waals surface area contributed by atoms with Crippen molar-refractivity contribution in [2.75, 3.05) is 24.6 Å². The number of halogens is 1. The molecule has 144 valence electrons. The summed E-state index contributed by atoms with van der Waals surface area (Å²) in [6.07, 6.45) is 3.22. The SMILES string of the molecule is O=C(Cc1csc(N2CCCC2=O)n1)NCCCCOc1ccc(F)cc1. The smallest absolute Gasteiger partial charge is 0.228 e. The van der Waals surface area contributed by atoms with Crippen molar-refractivity contribution in [3.8, 4) is 5.75 Å². The monoisotopic (exact) mass is 391 g/mol. The highest BCUT2D eigenvalue weighted by Gasteiger charge is 2.24. The van der Waals surface area contributed by atoms with E-state index in [-0.39, 0.29) is 24.1 Å². The number of nitrogens with one attached hydrogen (secondary N) is 1. The van der Waals surface area contributed by atoms with E-state index in [0.717, 1.165) is 19.3 Å². The van der Waals surface area contributed by atoms with Gasteiger partial charge in [0.25, 0.3) is 0 Å². The molecule has 3 rings (SSSR count). The van der Waals surface area contributed by atoms with Crippen molar-refractivity contribution < 1.29 is 18.7 Å². The molecule has 6 nitrogen and oxygen atoms in total. The van der Waals surface area contributed by atoms with Crippen molar-refractivity contribution in [3.63, 3.8) is 0 Å². The van der Waals surface area contributed by atoms with Crippen LogP contribution in [-0.2, 0) is 16.0 Å². The summed E-state index contributed by atoms with van der Waals surface area (Å²) in [5.41, 5.74) is 0.687. The number of unbranched alkanes of at least 4 members (excludes halogenated alkanes) is 1. The zero-order valence-corrected chi connectivity index (χ0v) is 15.8. The fourth-order valence-electron chi connectivity index (χ4n) is 2.75. The second kappa shape index (κ2) is 9.45. The van der Waals surface area contributed by atoms with Crippen molar-refractivity contribution in [3.05, 3.63) is 41.2 Å². The number of benzene rings is 1. The largest absolute Gasteiger partial charge is 0.494 e. The van der Waals surface area contributed by atoms with Gasteiger partial charge in [0.15, 0.2) is 5.13 Å². The standard InChI is InChI=1S/C19H22FN3O3S/c20-14-5-7-16(8-6-14)26-11-2-1-9-21-17(24)12-15-13-27-19(22-15)23-10-3-4-18(23)25/h5-8,13H,1-4,9-12H2,(H,21,24). The first kappa shape index (κ1) is 19.3. The number of amides is 2. The third-order valence-electron chi connectivity index (χ3n) is 4.16. The van der Waals surface area contributed by atoms with Crippen LogP contribution < -0.4 is 15.0 Å². The molecule has 0 radical (unpaired) electrons. The van der Waals surface area contributed by atoms with Gasteiger partial charge in [-0.1, -0.05) is 0 Å². The molecule has 2 aromatic rings. The number of carbonyl (C=O) groups excluding carboxylic acids is 2. The summed E-state index contributed by atoms with van der Waals surface area (Å²) in [6.45, 7) is 1.78. The number of anilines is 1. The van der Waals surface area contributed by atoms with Crippen molar-refractivity contribution in [2.45, 2.75) is 32.1 Å². The quantitative estimate of drug-likeness (QED) is 0.667. The lowest BCUT2D eigenvalue weighted by molar-refractivity contribution is -0.120. The molecule has 1 N–H and O–H groups in total. The number of carbonyl (C=O) groups is 2. The summed E-state index contributed by atoms with van der Waals surface area (Å²) < 4.78 is 18.3. The fraction of sp³-hybridized carbons (Fsp3) is 0.421. The maximum Gasteiger partial charge on any atom is 0.228 e. The first-order valence-corrected chi connectivity index (χ1v) is 9.89. The van der Waals surface area contributed by atoms with Crippen molar-refractivity contribution in [1.82, 2.24) is 10.3 Å². The van der Waals surface area contributed by atoms with Gasteiger partial charge in [-0.25, -0.2) is 9.37 Å². The van der Waals surface area contributed by atoms with Crippen LogP contribution in [-0.4, -0.2) is 36.5 Å². The summed E-state index contributed by atoms with van der Waals surface area (Å²) in [6, 6.07) is 5.90. The Hall–Kier alpha value is -2.48. The Morgan fingerprint density at radius 1 is 1.30 bits per heavy atom. The van der Waals surface area contributed by atoms with Crippen LogP contribution in [0.25, 0.3) is 0 Å². The second-order valence-electron chi connectivity index (χ2n) is 6.31. The molecule has 0 bridgehead atoms. The van der Waals surface area contributed by atoms with Gasteiger partial charge in [0.1, 0.15) is 11.6 Å². The Labute approximate surface area is 161 Å². The number of ether oxygens (including phenoxy) is 1. The number of hydrogen-bond acceptors (Lipinski definition) is 5. The third kappa shape index (κ3) is 5.75. The summed E-state index contributed by atoms with van der Waals surface area (Å²) in [5.74, 6) is 0.364. The van der Waals surface area contributed by atoms with Crippen LogP contribution in [0.15, 0.2) is 29.6 Å². The van der Waals surface area contributed by atoms with E-state index in [9.17, 15) is 14.0 Å². The van der Waals surface area contributed by atoms with Gasteiger partial charge in [-0.3, -0.25) is 14.5 Å². The maximum absolute atomic E-state index is 12.8. The molecule has 2 heterocycles. The first-order valence-electron chi connectivity index (χ1n) is 9.01. The van der Waals surface area contributed by atoms with E-state index in [1.54, 1.807) is 17.0 Å². The molecule has 8 heteroatoms. The summed E-state index contributed by atoms with van der Waals surface area (Å²) in [7, 11) is 0. The van der Waals surface area contributed by atoms with Crippen LogP contribution >= 0.6 is 11.3 Å². The summed E-state index contributed by atoms with van der Waals surface area (Å²) >= 11 is 1.40. The number of nitrogens with zero attached hydrogens (tertiary/aromatic N) is 2. The van der Waals surface area contributed by atoms with Gasteiger partial charge >= 0.3 is 0 Å². The van der Waals surface area contributed by atoms with Gasteiger partial charge in [0, 0.05) is 24.9 Å². The molecule has 0 saturated carbocycles. The third-order valence-corrected chi connectivity index (χ3v) is 5.07. The Morgan fingerprint density at radius 3 is 2.85 bits per heavy atom. The molecule has 27 heavy (non-hydrogen) atoms. The van der Waals surface area contributed by atoms with Gasteiger partial charge in [-0.2, -0.15) is 0 Å². The lowest BCUT2D eigenvalue weighted by atomic mass is 10.3. The highest BCUT2D eigenvalue weighted by molar-refractivity contribution is 7.14. The lowest BCUT2D eigenvalue weighted by Crippen LogP contribution is -2.27. The molecule has 1 aromatic heterocycles. The highest BCUT2D eigenvalue weighted by atomic mass is 32.1. The van der Waals surface area contributed by atoms with E-state index in [1.807, 2.05) is 5.38 Å². The fourth-order valence-corrected chi connectivity index (χ4v) is 3.62. The van der Waals surface area contributed by atoms with Crippen LogP contribution in [0, 0.1) is 5.82 Å². The second-order valence-corrected chi connectivity index (χ2v) is 7.14. The predicted molar refractivity (Wildman–Crippen MR) is 102 cm³/mol. The van der Waals surface area contributed by atoms with E-state index in [0.29, 0.717) is 42.7 Å². The number of aromatic nitrogens is 1. The minimum atomic E-state index is -0.288. The Balaban J connectivity index is 1.30. The lowest BCUT2D eigenvalue weighted by Gasteiger charge is -2.10. The maximum atomic E-state index is 12.8. The molecule has 0 atom stereocenters. The van der Waals surface area contributed by atoms with E-state index >= 15 is 0 Å². The molecule has 1 fully saturated rings. The zero-order chi connectivity index (χ0) is 19.1. The molecule has 1 aromatic carbocycles. The molecular formula is C19H22FN3O3S. The molecule has 0 aliphatic carbocycles. The molecular weight excluding hydrogens is 369 g/mol. The Bertz CT molecular complexity index is 779. The van der Waals surface area contributed by atoms with Crippen LogP contribution in [0.5, 0.6) is 5.75 Å². The van der Waals surface area contributed by atoms with Gasteiger partial charge < -0.3 is 10.1 Å². The molecule has 2 amide bonds. The van der Waals surface area contributed by atoms with Gasteiger partial charge in [0.2, 0.25) is 11.8 Å². The van der Waals surface area contributed by atoms with Gasteiger partial charge in [-0.15, -0.1) is 11.3 Å². The van der Waals surface area contributed by atoms with Gasteiger partial charge in [0.05, 0.1) is 18.7 Å². The topological polar surface area (TPSA) is 71.5 Å². The highest BCUT2D eigenvalue weighted by Crippen LogP contribution is 2.25. The minimum absolute atomic E-state index is 0.0842. The Morgan fingerprint density at radius 2 is 2.11 bits per heavy atom. The molecule has 1 aliphatic rings. The van der Waals surface area contributed by atoms with Crippen LogP contribution in [0.2, 0.25) is 0 Å². The normalized spacial score (nSPS) is 13.8. The first-order chi connectivity index (χ1) is 13.1. The van der Waals surface area contributed by atoms with E-state index < -0.39 is 0 Å². The minimum Gasteiger partial charge on any atom is -0.494 e. The molecule has 1 aliphatic heterocycles. The Kier molecular flexibility index (Phi) is 6.75. The average Bonchev–Trinajstić information content (AvgIpc) is 3.28. The van der Waals surface area contributed by atoms with Crippen LogP contribution in [0.4, 0.5) is 9.52 Å². The van der Waals surface area contributed by atoms with Crippen molar-refractivity contribution in [1.29, 1.82) is 0 Å².